The molecule has 0 amide bonds. The van der Waals surface area contributed by atoms with Crippen LogP contribution in [-0.2, 0) is 9.05 Å². The molecule has 0 saturated heterocycles. The van der Waals surface area contributed by atoms with Gasteiger partial charge in [0.2, 0.25) is 9.05 Å². The zero-order valence-electron chi connectivity index (χ0n) is 4.85. The lowest BCUT2D eigenvalue weighted by molar-refractivity contribution is 0.605. The standard InChI is InChI=1S/C4H5Cl3O2S/c5-4(6)1-3(4)2-10(7,8)9/h3H,1-2H2/t3-/m1/s1. The highest BCUT2D eigenvalue weighted by molar-refractivity contribution is 8.13. The summed E-state index contributed by atoms with van der Waals surface area (Å²) in [4.78, 5) is 0. The van der Waals surface area contributed by atoms with Gasteiger partial charge in [0.15, 0.2) is 0 Å². The fraction of sp³-hybridized carbons (Fsp3) is 1.00. The Labute approximate surface area is 73.9 Å². The van der Waals surface area contributed by atoms with Crippen molar-refractivity contribution in [2.75, 3.05) is 5.75 Å². The van der Waals surface area contributed by atoms with E-state index in [2.05, 4.69) is 0 Å². The highest BCUT2D eigenvalue weighted by atomic mass is 35.7. The van der Waals surface area contributed by atoms with E-state index in [0.717, 1.165) is 0 Å². The van der Waals surface area contributed by atoms with Crippen molar-refractivity contribution in [3.63, 3.8) is 0 Å². The first-order valence-electron chi connectivity index (χ1n) is 2.61. The molecule has 0 heterocycles. The minimum atomic E-state index is -3.43. The molecule has 1 fully saturated rings. The first kappa shape index (κ1) is 8.91. The lowest BCUT2D eigenvalue weighted by atomic mass is 10.5. The number of alkyl halides is 2. The molecule has 10 heavy (non-hydrogen) atoms. The minimum Gasteiger partial charge on any atom is -0.212 e. The zero-order valence-corrected chi connectivity index (χ0v) is 7.93. The Morgan fingerprint density at radius 3 is 2.00 bits per heavy atom. The van der Waals surface area contributed by atoms with Crippen LogP contribution >= 0.6 is 33.9 Å². The summed E-state index contributed by atoms with van der Waals surface area (Å²) < 4.78 is 20.0. The summed E-state index contributed by atoms with van der Waals surface area (Å²) in [5.41, 5.74) is 0. The Balaban J connectivity index is 2.46. The van der Waals surface area contributed by atoms with E-state index >= 15 is 0 Å². The monoisotopic (exact) mass is 222 g/mol. The van der Waals surface area contributed by atoms with Crippen molar-refractivity contribution in [3.05, 3.63) is 0 Å². The molecule has 0 N–H and O–H groups in total. The van der Waals surface area contributed by atoms with Crippen molar-refractivity contribution in [2.45, 2.75) is 10.8 Å². The lowest BCUT2D eigenvalue weighted by Gasteiger charge is -1.94. The predicted octanol–water partition coefficient (Wildman–Crippen LogP) is 1.75. The van der Waals surface area contributed by atoms with E-state index in [0.29, 0.717) is 6.42 Å². The molecular weight excluding hydrogens is 218 g/mol. The minimum absolute atomic E-state index is 0.123. The van der Waals surface area contributed by atoms with Gasteiger partial charge >= 0.3 is 0 Å². The van der Waals surface area contributed by atoms with Gasteiger partial charge < -0.3 is 0 Å². The van der Waals surface area contributed by atoms with Crippen LogP contribution in [0.2, 0.25) is 0 Å². The molecule has 1 aliphatic carbocycles. The van der Waals surface area contributed by atoms with Gasteiger partial charge in [-0.2, -0.15) is 0 Å². The number of hydrogen-bond donors (Lipinski definition) is 0. The molecule has 6 heteroatoms. The third kappa shape index (κ3) is 2.46. The summed E-state index contributed by atoms with van der Waals surface area (Å²) >= 11 is 11.1. The second-order valence-electron chi connectivity index (χ2n) is 2.37. The quantitative estimate of drug-likeness (QED) is 0.528. The molecule has 0 radical (unpaired) electrons. The topological polar surface area (TPSA) is 34.1 Å². The van der Waals surface area contributed by atoms with Gasteiger partial charge in [-0.05, 0) is 6.42 Å². The van der Waals surface area contributed by atoms with Crippen molar-refractivity contribution in [3.8, 4) is 0 Å². The summed E-state index contributed by atoms with van der Waals surface area (Å²) in [5, 5.41) is 0. The zero-order chi connectivity index (χ0) is 7.99. The summed E-state index contributed by atoms with van der Waals surface area (Å²) in [6, 6.07) is 0. The van der Waals surface area contributed by atoms with Crippen molar-refractivity contribution in [1.29, 1.82) is 0 Å². The van der Waals surface area contributed by atoms with Crippen LogP contribution in [0.4, 0.5) is 0 Å². The SMILES string of the molecule is O=S(=O)(Cl)C[C@H]1CC1(Cl)Cl. The van der Waals surface area contributed by atoms with E-state index in [1.807, 2.05) is 0 Å². The maximum Gasteiger partial charge on any atom is 0.232 e. The summed E-state index contributed by atoms with van der Waals surface area (Å²) in [6.45, 7) is 0. The van der Waals surface area contributed by atoms with Crippen molar-refractivity contribution < 1.29 is 8.42 Å². The van der Waals surface area contributed by atoms with E-state index in [9.17, 15) is 8.42 Å². The van der Waals surface area contributed by atoms with Gasteiger partial charge in [0.1, 0.15) is 4.33 Å². The Kier molecular flexibility index (Phi) is 2.14. The van der Waals surface area contributed by atoms with Gasteiger partial charge in [-0.25, -0.2) is 8.42 Å². The van der Waals surface area contributed by atoms with Gasteiger partial charge in [-0.1, -0.05) is 0 Å². The first-order valence-corrected chi connectivity index (χ1v) is 5.85. The maximum absolute atomic E-state index is 10.4. The van der Waals surface area contributed by atoms with Crippen molar-refractivity contribution in [2.24, 2.45) is 5.92 Å². The van der Waals surface area contributed by atoms with Gasteiger partial charge in [-0.3, -0.25) is 0 Å². The first-order chi connectivity index (χ1) is 4.31. The van der Waals surface area contributed by atoms with Crippen LogP contribution in [-0.4, -0.2) is 18.5 Å². The van der Waals surface area contributed by atoms with Gasteiger partial charge in [0.05, 0.1) is 5.75 Å². The van der Waals surface area contributed by atoms with Crippen LogP contribution in [0, 0.1) is 5.92 Å². The molecule has 1 saturated carbocycles. The third-order valence-electron chi connectivity index (χ3n) is 1.36. The summed E-state index contributed by atoms with van der Waals surface area (Å²) in [7, 11) is 1.52. The molecule has 0 aromatic carbocycles. The van der Waals surface area contributed by atoms with Crippen LogP contribution in [0.3, 0.4) is 0 Å². The lowest BCUT2D eigenvalue weighted by Crippen LogP contribution is -2.03. The van der Waals surface area contributed by atoms with Crippen LogP contribution in [0.1, 0.15) is 6.42 Å². The molecule has 0 aromatic rings. The molecule has 2 nitrogen and oxygen atoms in total. The molecule has 1 aliphatic rings. The average molecular weight is 224 g/mol. The molecular formula is C4H5Cl3O2S. The van der Waals surface area contributed by atoms with Crippen LogP contribution in [0.5, 0.6) is 0 Å². The fourth-order valence-electron chi connectivity index (χ4n) is 0.691. The summed E-state index contributed by atoms with van der Waals surface area (Å²) in [6.07, 6.45) is 0.516. The second kappa shape index (κ2) is 2.41. The Morgan fingerprint density at radius 2 is 1.90 bits per heavy atom. The van der Waals surface area contributed by atoms with E-state index < -0.39 is 13.4 Å². The normalized spacial score (nSPS) is 30.1. The van der Waals surface area contributed by atoms with Gasteiger partial charge in [0, 0.05) is 16.6 Å². The molecule has 0 aromatic heterocycles. The fourth-order valence-corrected chi connectivity index (χ4v) is 2.74. The molecule has 0 bridgehead atoms. The average Bonchev–Trinajstić information content (AvgIpc) is 2.05. The van der Waals surface area contributed by atoms with Crippen molar-refractivity contribution >= 4 is 42.9 Å². The maximum atomic E-state index is 10.4. The predicted molar refractivity (Wildman–Crippen MR) is 42.2 cm³/mol. The molecule has 1 atom stereocenters. The van der Waals surface area contributed by atoms with Crippen molar-refractivity contribution in [1.82, 2.24) is 0 Å². The highest BCUT2D eigenvalue weighted by Gasteiger charge is 2.53. The molecule has 1 rings (SSSR count). The molecule has 60 valence electrons. The van der Waals surface area contributed by atoms with E-state index in [4.69, 9.17) is 33.9 Å². The molecule has 0 spiro atoms. The number of rotatable bonds is 2. The Hall–Kier alpha value is 0.820. The number of halogens is 3. The van der Waals surface area contributed by atoms with Crippen LogP contribution in [0.25, 0.3) is 0 Å². The van der Waals surface area contributed by atoms with E-state index in [-0.39, 0.29) is 11.7 Å². The molecule has 0 unspecified atom stereocenters. The Morgan fingerprint density at radius 1 is 1.50 bits per heavy atom. The Bertz CT molecular complexity index is 233. The highest BCUT2D eigenvalue weighted by Crippen LogP contribution is 2.53. The van der Waals surface area contributed by atoms with E-state index in [1.54, 1.807) is 0 Å². The molecule has 0 aliphatic heterocycles. The van der Waals surface area contributed by atoms with Gasteiger partial charge in [0.25, 0.3) is 0 Å². The number of hydrogen-bond acceptors (Lipinski definition) is 2. The third-order valence-corrected chi connectivity index (χ3v) is 3.46. The van der Waals surface area contributed by atoms with Crippen LogP contribution in [0.15, 0.2) is 0 Å². The van der Waals surface area contributed by atoms with Gasteiger partial charge in [-0.15, -0.1) is 23.2 Å². The summed E-state index contributed by atoms with van der Waals surface area (Å²) in [5.74, 6) is -0.306. The van der Waals surface area contributed by atoms with Crippen LogP contribution < -0.4 is 0 Å². The largest absolute Gasteiger partial charge is 0.232 e. The smallest absolute Gasteiger partial charge is 0.212 e. The second-order valence-corrected chi connectivity index (χ2v) is 6.73. The van der Waals surface area contributed by atoms with E-state index in [1.165, 1.54) is 0 Å².